The largest absolute Gasteiger partial charge is 0.340 e. The van der Waals surface area contributed by atoms with Crippen LogP contribution in [0.2, 0.25) is 5.02 Å². The van der Waals surface area contributed by atoms with Gasteiger partial charge in [-0.3, -0.25) is 4.79 Å². The number of likely N-dealkylation sites (N-methyl/N-ethyl adjacent to an activating group) is 1. The van der Waals surface area contributed by atoms with Crippen molar-refractivity contribution in [3.05, 3.63) is 52.8 Å². The molecule has 0 unspecified atom stereocenters. The molecule has 0 radical (unpaired) electrons. The number of rotatable bonds is 5. The van der Waals surface area contributed by atoms with Gasteiger partial charge in [-0.25, -0.2) is 13.1 Å². The smallest absolute Gasteiger partial charge is 0.270 e. The lowest BCUT2D eigenvalue weighted by Crippen LogP contribution is -2.39. The van der Waals surface area contributed by atoms with Crippen LogP contribution in [0.15, 0.2) is 41.4 Å². The highest BCUT2D eigenvalue weighted by atomic mass is 35.5. The van der Waals surface area contributed by atoms with Crippen LogP contribution in [0.25, 0.3) is 0 Å². The molecule has 3 rings (SSSR count). The third-order valence-corrected chi connectivity index (χ3v) is 5.83. The average Bonchev–Trinajstić information content (AvgIpc) is 3.01. The Hall–Kier alpha value is -1.83. The Bertz CT molecular complexity index is 876. The summed E-state index contributed by atoms with van der Waals surface area (Å²) < 4.78 is 29.2. The Kier molecular flexibility index (Phi) is 4.67. The molecule has 0 atom stereocenters. The maximum atomic E-state index is 12.5. The summed E-state index contributed by atoms with van der Waals surface area (Å²) in [6, 6.07) is 8.48. The molecule has 0 spiro atoms. The molecule has 1 amide bonds. The first-order valence-corrected chi connectivity index (χ1v) is 9.51. The number of nitrogens with one attached hydrogen (secondary N) is 1. The van der Waals surface area contributed by atoms with Crippen LogP contribution >= 0.6 is 11.6 Å². The maximum Gasteiger partial charge on any atom is 0.270 e. The van der Waals surface area contributed by atoms with Crippen molar-refractivity contribution >= 4 is 27.5 Å². The Morgan fingerprint density at radius 1 is 1.25 bits per heavy atom. The molecule has 0 bridgehead atoms. The van der Waals surface area contributed by atoms with Crippen molar-refractivity contribution in [1.29, 1.82) is 0 Å². The zero-order valence-corrected chi connectivity index (χ0v) is 14.8. The van der Waals surface area contributed by atoms with E-state index in [1.165, 1.54) is 12.3 Å². The maximum absolute atomic E-state index is 12.5. The number of halogens is 1. The molecule has 2 aromatic rings. The highest BCUT2D eigenvalue weighted by molar-refractivity contribution is 7.89. The third kappa shape index (κ3) is 3.19. The monoisotopic (exact) mass is 367 g/mol. The zero-order valence-electron chi connectivity index (χ0n) is 13.2. The van der Waals surface area contributed by atoms with Crippen molar-refractivity contribution in [3.63, 3.8) is 0 Å². The molecule has 2 heterocycles. The van der Waals surface area contributed by atoms with Crippen LogP contribution in [0.4, 0.5) is 0 Å². The molecule has 24 heavy (non-hydrogen) atoms. The molecular weight excluding hydrogens is 350 g/mol. The van der Waals surface area contributed by atoms with E-state index in [2.05, 4.69) is 4.72 Å². The van der Waals surface area contributed by atoms with E-state index in [1.807, 2.05) is 6.92 Å². The summed E-state index contributed by atoms with van der Waals surface area (Å²) in [4.78, 5) is 14.1. The van der Waals surface area contributed by atoms with Gasteiger partial charge in [0.05, 0.1) is 0 Å². The molecule has 8 heteroatoms. The highest BCUT2D eigenvalue weighted by Gasteiger charge is 2.27. The van der Waals surface area contributed by atoms with Gasteiger partial charge in [-0.2, -0.15) is 0 Å². The fourth-order valence-corrected chi connectivity index (χ4v) is 3.93. The van der Waals surface area contributed by atoms with Crippen molar-refractivity contribution in [1.82, 2.24) is 14.2 Å². The van der Waals surface area contributed by atoms with Crippen LogP contribution < -0.4 is 4.72 Å². The topological polar surface area (TPSA) is 71.4 Å². The van der Waals surface area contributed by atoms with Crippen molar-refractivity contribution in [2.75, 3.05) is 13.1 Å². The molecular formula is C16H18ClN3O3S. The summed E-state index contributed by atoms with van der Waals surface area (Å²) in [5, 5.41) is 0.505. The van der Waals surface area contributed by atoms with E-state index >= 15 is 0 Å². The second-order valence-electron chi connectivity index (χ2n) is 5.56. The Labute approximate surface area is 146 Å². The van der Waals surface area contributed by atoms with E-state index in [0.29, 0.717) is 35.9 Å². The second-order valence-corrected chi connectivity index (χ2v) is 7.73. The van der Waals surface area contributed by atoms with E-state index in [-0.39, 0.29) is 17.3 Å². The first-order chi connectivity index (χ1) is 11.4. The van der Waals surface area contributed by atoms with Gasteiger partial charge in [-0.15, -0.1) is 0 Å². The summed E-state index contributed by atoms with van der Waals surface area (Å²) in [5.74, 6) is -0.142. The molecule has 0 aliphatic carbocycles. The fraction of sp³-hybridized carbons (Fsp3) is 0.312. The lowest BCUT2D eigenvalue weighted by atomic mass is 10.2. The summed E-state index contributed by atoms with van der Waals surface area (Å²) in [6.07, 6.45) is 1.51. The average molecular weight is 368 g/mol. The summed E-state index contributed by atoms with van der Waals surface area (Å²) in [5.41, 5.74) is 1.10. The number of carbonyl (C=O) groups excluding carboxylic acids is 1. The number of fused-ring (bicyclic) bond motifs is 1. The minimum absolute atomic E-state index is 0.0934. The first-order valence-electron chi connectivity index (χ1n) is 7.65. The van der Waals surface area contributed by atoms with Gasteiger partial charge in [0, 0.05) is 37.4 Å². The lowest BCUT2D eigenvalue weighted by Gasteiger charge is -2.26. The minimum Gasteiger partial charge on any atom is -0.340 e. The minimum atomic E-state index is -3.72. The van der Waals surface area contributed by atoms with Gasteiger partial charge in [0.15, 0.2) is 0 Å². The van der Waals surface area contributed by atoms with E-state index in [4.69, 9.17) is 11.6 Å². The van der Waals surface area contributed by atoms with E-state index in [9.17, 15) is 13.2 Å². The van der Waals surface area contributed by atoms with Crippen LogP contribution in [0.3, 0.4) is 0 Å². The van der Waals surface area contributed by atoms with Crippen LogP contribution in [0.1, 0.15) is 23.0 Å². The molecule has 0 saturated heterocycles. The van der Waals surface area contributed by atoms with Gasteiger partial charge < -0.3 is 9.47 Å². The Balaban J connectivity index is 1.81. The highest BCUT2D eigenvalue weighted by Crippen LogP contribution is 2.21. The Morgan fingerprint density at radius 3 is 2.71 bits per heavy atom. The molecule has 1 aromatic carbocycles. The van der Waals surface area contributed by atoms with Gasteiger partial charge >= 0.3 is 0 Å². The number of amides is 1. The van der Waals surface area contributed by atoms with E-state index in [1.54, 1.807) is 33.7 Å². The number of nitrogens with zero attached hydrogens (tertiary/aromatic N) is 2. The van der Waals surface area contributed by atoms with E-state index in [0.717, 1.165) is 0 Å². The molecule has 1 aliphatic rings. The van der Waals surface area contributed by atoms with Crippen LogP contribution in [-0.4, -0.2) is 36.9 Å². The normalized spacial score (nSPS) is 14.8. The van der Waals surface area contributed by atoms with Crippen molar-refractivity contribution in [2.24, 2.45) is 0 Å². The number of sulfonamides is 1. The molecule has 6 nitrogen and oxygen atoms in total. The zero-order chi connectivity index (χ0) is 17.3. The molecule has 0 fully saturated rings. The van der Waals surface area contributed by atoms with Crippen molar-refractivity contribution < 1.29 is 13.2 Å². The number of hydrogen-bond donors (Lipinski definition) is 1. The fourth-order valence-electron chi connectivity index (χ4n) is 2.69. The Morgan fingerprint density at radius 2 is 2.00 bits per heavy atom. The molecule has 0 saturated carbocycles. The lowest BCUT2D eigenvalue weighted by molar-refractivity contribution is 0.0715. The van der Waals surface area contributed by atoms with E-state index < -0.39 is 10.0 Å². The van der Waals surface area contributed by atoms with Crippen molar-refractivity contribution in [2.45, 2.75) is 24.9 Å². The summed E-state index contributed by atoms with van der Waals surface area (Å²) >= 11 is 6.04. The predicted octanol–water partition coefficient (Wildman–Crippen LogP) is 2.10. The predicted molar refractivity (Wildman–Crippen MR) is 91.5 cm³/mol. The van der Waals surface area contributed by atoms with Crippen molar-refractivity contribution in [3.8, 4) is 0 Å². The number of benzene rings is 1. The van der Waals surface area contributed by atoms with Gasteiger partial charge in [0.25, 0.3) is 5.91 Å². The summed E-state index contributed by atoms with van der Waals surface area (Å²) in [7, 11) is -3.72. The second kappa shape index (κ2) is 6.58. The van der Waals surface area contributed by atoms with Gasteiger partial charge in [0.1, 0.15) is 10.6 Å². The van der Waals surface area contributed by atoms with Crippen LogP contribution in [0.5, 0.6) is 0 Å². The third-order valence-electron chi connectivity index (χ3n) is 4.09. The number of carbonyl (C=O) groups is 1. The molecule has 1 N–H and O–H groups in total. The van der Waals surface area contributed by atoms with Gasteiger partial charge in [-0.1, -0.05) is 29.8 Å². The number of aromatic nitrogens is 1. The van der Waals surface area contributed by atoms with Gasteiger partial charge in [0.2, 0.25) is 10.0 Å². The first kappa shape index (κ1) is 17.0. The van der Waals surface area contributed by atoms with Gasteiger partial charge in [-0.05, 0) is 24.6 Å². The molecule has 128 valence electrons. The molecule has 1 aromatic heterocycles. The SMILES string of the molecule is CCN1CCn2cc(S(=O)(=O)NCc3ccccc3Cl)cc2C1=O. The quantitative estimate of drug-likeness (QED) is 0.879. The van der Waals surface area contributed by atoms with Crippen LogP contribution in [-0.2, 0) is 23.1 Å². The summed E-state index contributed by atoms with van der Waals surface area (Å²) in [6.45, 7) is 3.78. The standard InChI is InChI=1S/C16H18ClN3O3S/c1-2-19-7-8-20-11-13(9-15(20)16(19)21)24(22,23)18-10-12-5-3-4-6-14(12)17/h3-6,9,11,18H,2,7-8,10H2,1H3. The molecule has 1 aliphatic heterocycles. The van der Waals surface area contributed by atoms with Crippen LogP contribution in [0, 0.1) is 0 Å². The number of hydrogen-bond acceptors (Lipinski definition) is 3.